The highest BCUT2D eigenvalue weighted by atomic mass is 32.2. The van der Waals surface area contributed by atoms with Gasteiger partial charge in [0.2, 0.25) is 0 Å². The number of sulfone groups is 1. The molecule has 2 amide bonds. The third-order valence-corrected chi connectivity index (χ3v) is 9.77. The van der Waals surface area contributed by atoms with Crippen molar-refractivity contribution in [3.8, 4) is 0 Å². The molecule has 2 aromatic heterocycles. The Kier molecular flexibility index (Phi) is 5.80. The van der Waals surface area contributed by atoms with E-state index in [1.54, 1.807) is 0 Å². The molecule has 180 valence electrons. The molecule has 1 fully saturated rings. The van der Waals surface area contributed by atoms with Gasteiger partial charge in [-0.15, -0.1) is 11.3 Å². The molecule has 0 unspecified atom stereocenters. The van der Waals surface area contributed by atoms with E-state index in [1.165, 1.54) is 11.3 Å². The standard InChI is InChI=1S/C25H28N2O5S2/c1-13-5-7-19-18(10-13)15(3)22(32-19)24(29)27-25-21(17-6-4-14(2)11-20(17)33-25)23(28)26-16-8-9-34(30,31)12-16/h5,7,10,14,16H,4,6,8-9,11-12H2,1-3H3,(H,26,28)(H,27,29)/t14-,16-/m1/s1. The zero-order chi connectivity index (χ0) is 24.2. The number of rotatable bonds is 4. The molecule has 3 heterocycles. The van der Waals surface area contributed by atoms with E-state index < -0.39 is 21.8 Å². The van der Waals surface area contributed by atoms with Crippen LogP contribution in [0.4, 0.5) is 5.00 Å². The van der Waals surface area contributed by atoms with Crippen LogP contribution in [0.25, 0.3) is 11.0 Å². The normalized spacial score (nSPS) is 21.4. The topological polar surface area (TPSA) is 105 Å². The highest BCUT2D eigenvalue weighted by Crippen LogP contribution is 2.40. The summed E-state index contributed by atoms with van der Waals surface area (Å²) in [5, 5.41) is 7.24. The molecule has 1 aliphatic heterocycles. The zero-order valence-electron chi connectivity index (χ0n) is 19.5. The van der Waals surface area contributed by atoms with Crippen molar-refractivity contribution in [1.82, 2.24) is 5.32 Å². The minimum absolute atomic E-state index is 0.0403. The number of hydrogen-bond donors (Lipinski definition) is 2. The highest BCUT2D eigenvalue weighted by Gasteiger charge is 2.33. The third kappa shape index (κ3) is 4.27. The van der Waals surface area contributed by atoms with Gasteiger partial charge in [0.25, 0.3) is 11.8 Å². The number of amides is 2. The van der Waals surface area contributed by atoms with E-state index in [0.29, 0.717) is 28.5 Å². The molecule has 1 saturated heterocycles. The number of nitrogens with one attached hydrogen (secondary N) is 2. The third-order valence-electron chi connectivity index (χ3n) is 6.83. The van der Waals surface area contributed by atoms with E-state index in [2.05, 4.69) is 17.6 Å². The van der Waals surface area contributed by atoms with E-state index in [1.807, 2.05) is 32.0 Å². The second-order valence-electron chi connectivity index (χ2n) is 9.64. The lowest BCUT2D eigenvalue weighted by Crippen LogP contribution is -2.36. The summed E-state index contributed by atoms with van der Waals surface area (Å²) in [6.45, 7) is 6.03. The first-order valence-electron chi connectivity index (χ1n) is 11.6. The number of fused-ring (bicyclic) bond motifs is 2. The first-order chi connectivity index (χ1) is 16.1. The first-order valence-corrected chi connectivity index (χ1v) is 14.2. The van der Waals surface area contributed by atoms with Crippen LogP contribution < -0.4 is 10.6 Å². The summed E-state index contributed by atoms with van der Waals surface area (Å²) in [6, 6.07) is 5.38. The average Bonchev–Trinajstić information content (AvgIpc) is 3.40. The second kappa shape index (κ2) is 8.53. The van der Waals surface area contributed by atoms with Crippen LogP contribution in [0.2, 0.25) is 0 Å². The van der Waals surface area contributed by atoms with Gasteiger partial charge in [-0.25, -0.2) is 8.42 Å². The molecule has 7 nitrogen and oxygen atoms in total. The lowest BCUT2D eigenvalue weighted by atomic mass is 9.88. The summed E-state index contributed by atoms with van der Waals surface area (Å²) in [5.41, 5.74) is 3.92. The molecule has 34 heavy (non-hydrogen) atoms. The molecule has 3 aromatic rings. The van der Waals surface area contributed by atoms with Crippen LogP contribution in [0.5, 0.6) is 0 Å². The van der Waals surface area contributed by atoms with Crippen molar-refractivity contribution in [3.05, 3.63) is 51.1 Å². The maximum Gasteiger partial charge on any atom is 0.292 e. The van der Waals surface area contributed by atoms with Gasteiger partial charge in [-0.05, 0) is 63.1 Å². The summed E-state index contributed by atoms with van der Waals surface area (Å²) < 4.78 is 29.6. The predicted molar refractivity (Wildman–Crippen MR) is 134 cm³/mol. The fraction of sp³-hybridized carbons (Fsp3) is 0.440. The molecule has 9 heteroatoms. The Balaban J connectivity index is 1.47. The monoisotopic (exact) mass is 500 g/mol. The Labute approximate surface area is 202 Å². The number of anilines is 1. The average molecular weight is 501 g/mol. The predicted octanol–water partition coefficient (Wildman–Crippen LogP) is 4.41. The van der Waals surface area contributed by atoms with Gasteiger partial charge in [-0.3, -0.25) is 9.59 Å². The maximum absolute atomic E-state index is 13.3. The van der Waals surface area contributed by atoms with Gasteiger partial charge in [-0.2, -0.15) is 0 Å². The Hall–Kier alpha value is -2.65. The number of hydrogen-bond acceptors (Lipinski definition) is 6. The lowest BCUT2D eigenvalue weighted by Gasteiger charge is -2.19. The number of carbonyl (C=O) groups is 2. The summed E-state index contributed by atoms with van der Waals surface area (Å²) in [6.07, 6.45) is 3.00. The van der Waals surface area contributed by atoms with Crippen molar-refractivity contribution in [3.63, 3.8) is 0 Å². The summed E-state index contributed by atoms with van der Waals surface area (Å²) in [7, 11) is -3.11. The van der Waals surface area contributed by atoms with Crippen LogP contribution in [0.3, 0.4) is 0 Å². The van der Waals surface area contributed by atoms with Gasteiger partial charge in [0.05, 0.1) is 17.1 Å². The van der Waals surface area contributed by atoms with Crippen molar-refractivity contribution >= 4 is 49.0 Å². The van der Waals surface area contributed by atoms with E-state index in [0.717, 1.165) is 46.2 Å². The van der Waals surface area contributed by atoms with Gasteiger partial charge in [-0.1, -0.05) is 18.6 Å². The number of thiophene rings is 1. The van der Waals surface area contributed by atoms with Crippen LogP contribution in [0.1, 0.15) is 62.2 Å². The highest BCUT2D eigenvalue weighted by molar-refractivity contribution is 7.91. The maximum atomic E-state index is 13.3. The minimum atomic E-state index is -3.11. The first kappa shape index (κ1) is 23.1. The van der Waals surface area contributed by atoms with Crippen molar-refractivity contribution in [2.75, 3.05) is 16.8 Å². The Morgan fingerprint density at radius 1 is 1.15 bits per heavy atom. The molecule has 1 aromatic carbocycles. The van der Waals surface area contributed by atoms with Crippen LogP contribution in [-0.4, -0.2) is 37.8 Å². The van der Waals surface area contributed by atoms with Gasteiger partial charge in [0, 0.05) is 21.9 Å². The smallest absolute Gasteiger partial charge is 0.292 e. The SMILES string of the molecule is Cc1ccc2oc(C(=O)Nc3sc4c(c3C(=O)N[C@@H]3CCS(=O)(=O)C3)CC[C@@H](C)C4)c(C)c2c1. The van der Waals surface area contributed by atoms with Gasteiger partial charge in [0.1, 0.15) is 10.6 Å². The van der Waals surface area contributed by atoms with Crippen LogP contribution >= 0.6 is 11.3 Å². The van der Waals surface area contributed by atoms with Crippen LogP contribution in [-0.2, 0) is 22.7 Å². The fourth-order valence-corrected chi connectivity index (χ4v) is 8.03. The molecule has 0 radical (unpaired) electrons. The second-order valence-corrected chi connectivity index (χ2v) is 13.0. The van der Waals surface area contributed by atoms with E-state index >= 15 is 0 Å². The molecule has 0 spiro atoms. The van der Waals surface area contributed by atoms with Gasteiger partial charge >= 0.3 is 0 Å². The van der Waals surface area contributed by atoms with Crippen LogP contribution in [0, 0.1) is 19.8 Å². The molecular weight excluding hydrogens is 472 g/mol. The van der Waals surface area contributed by atoms with Gasteiger partial charge in [0.15, 0.2) is 15.6 Å². The van der Waals surface area contributed by atoms with Crippen LogP contribution in [0.15, 0.2) is 22.6 Å². The van der Waals surface area contributed by atoms with Gasteiger partial charge < -0.3 is 15.1 Å². The minimum Gasteiger partial charge on any atom is -0.451 e. The molecule has 2 N–H and O–H groups in total. The summed E-state index contributed by atoms with van der Waals surface area (Å²) in [4.78, 5) is 27.7. The molecule has 5 rings (SSSR count). The quantitative estimate of drug-likeness (QED) is 0.552. The largest absolute Gasteiger partial charge is 0.451 e. The van der Waals surface area contributed by atoms with E-state index in [-0.39, 0.29) is 23.2 Å². The van der Waals surface area contributed by atoms with E-state index in [4.69, 9.17) is 4.42 Å². The molecule has 0 bridgehead atoms. The van der Waals surface area contributed by atoms with Crippen molar-refractivity contribution in [2.45, 2.75) is 52.5 Å². The molecular formula is C25H28N2O5S2. The summed E-state index contributed by atoms with van der Waals surface area (Å²) >= 11 is 1.44. The Bertz CT molecular complexity index is 1420. The van der Waals surface area contributed by atoms with Crippen molar-refractivity contribution in [2.24, 2.45) is 5.92 Å². The Morgan fingerprint density at radius 3 is 2.68 bits per heavy atom. The van der Waals surface area contributed by atoms with Crippen molar-refractivity contribution < 1.29 is 22.4 Å². The molecule has 2 atom stereocenters. The number of carbonyl (C=O) groups excluding carboxylic acids is 2. The number of benzene rings is 1. The summed E-state index contributed by atoms with van der Waals surface area (Å²) in [5.74, 6) is 0.0735. The molecule has 0 saturated carbocycles. The number of aryl methyl sites for hydroxylation is 2. The fourth-order valence-electron chi connectivity index (χ4n) is 4.96. The molecule has 1 aliphatic carbocycles. The Morgan fingerprint density at radius 2 is 1.94 bits per heavy atom. The lowest BCUT2D eigenvalue weighted by molar-refractivity contribution is 0.0941. The van der Waals surface area contributed by atoms with Crippen molar-refractivity contribution in [1.29, 1.82) is 0 Å². The number of furan rings is 1. The molecule has 2 aliphatic rings. The zero-order valence-corrected chi connectivity index (χ0v) is 21.1. The van der Waals surface area contributed by atoms with E-state index in [9.17, 15) is 18.0 Å².